The van der Waals surface area contributed by atoms with Crippen LogP contribution in [0.2, 0.25) is 0 Å². The standard InChI is InChI=1S/C19H22N2O3S2/c22-17(20-8-6-14-4-2-1-3-5-14)11-24-18(23)10-16-13-26-19(21-16)15-7-9-25-12-15/h4,7,9,12-13H,1-3,5-6,8,10-11H2,(H,20,22). The summed E-state index contributed by atoms with van der Waals surface area (Å²) in [6, 6.07) is 2.00. The molecule has 1 amide bonds. The van der Waals surface area contributed by atoms with Gasteiger partial charge in [-0.3, -0.25) is 9.59 Å². The smallest absolute Gasteiger partial charge is 0.312 e. The minimum absolute atomic E-state index is 0.0841. The zero-order valence-electron chi connectivity index (χ0n) is 14.5. The van der Waals surface area contributed by atoms with E-state index >= 15 is 0 Å². The van der Waals surface area contributed by atoms with Gasteiger partial charge in [-0.25, -0.2) is 4.98 Å². The van der Waals surface area contributed by atoms with Crippen LogP contribution in [0.1, 0.15) is 37.8 Å². The first-order valence-electron chi connectivity index (χ1n) is 8.78. The van der Waals surface area contributed by atoms with Crippen molar-refractivity contribution in [1.82, 2.24) is 10.3 Å². The Bertz CT molecular complexity index is 766. The number of nitrogens with one attached hydrogen (secondary N) is 1. The molecular weight excluding hydrogens is 368 g/mol. The summed E-state index contributed by atoms with van der Waals surface area (Å²) in [5.74, 6) is -0.690. The van der Waals surface area contributed by atoms with Crippen molar-refractivity contribution in [3.63, 3.8) is 0 Å². The van der Waals surface area contributed by atoms with Gasteiger partial charge in [-0.1, -0.05) is 11.6 Å². The number of esters is 1. The topological polar surface area (TPSA) is 68.3 Å². The Kier molecular flexibility index (Phi) is 6.96. The molecule has 0 saturated heterocycles. The van der Waals surface area contributed by atoms with Crippen molar-refractivity contribution in [3.05, 3.63) is 39.5 Å². The van der Waals surface area contributed by atoms with Crippen LogP contribution in [0.3, 0.4) is 0 Å². The Balaban J connectivity index is 1.34. The minimum atomic E-state index is -0.433. The lowest BCUT2D eigenvalue weighted by Gasteiger charge is -2.12. The number of hydrogen-bond donors (Lipinski definition) is 1. The number of rotatable bonds is 8. The number of thiazole rings is 1. The van der Waals surface area contributed by atoms with Crippen LogP contribution in [0.25, 0.3) is 10.6 Å². The number of nitrogens with zero attached hydrogens (tertiary/aromatic N) is 1. The fourth-order valence-corrected chi connectivity index (χ4v) is 4.33. The molecule has 1 N–H and O–H groups in total. The van der Waals surface area contributed by atoms with Crippen molar-refractivity contribution in [3.8, 4) is 10.6 Å². The predicted octanol–water partition coefficient (Wildman–Crippen LogP) is 3.96. The first-order valence-corrected chi connectivity index (χ1v) is 10.6. The molecule has 0 unspecified atom stereocenters. The Labute approximate surface area is 161 Å². The molecule has 0 aliphatic heterocycles. The van der Waals surface area contributed by atoms with Crippen molar-refractivity contribution in [2.75, 3.05) is 13.2 Å². The molecule has 0 bridgehead atoms. The average molecular weight is 391 g/mol. The molecule has 1 aliphatic rings. The van der Waals surface area contributed by atoms with E-state index in [2.05, 4.69) is 16.4 Å². The SMILES string of the molecule is O=C(COC(=O)Cc1csc(-c2ccsc2)n1)NCCC1=CCCCC1. The summed E-state index contributed by atoms with van der Waals surface area (Å²) in [5.41, 5.74) is 3.15. The zero-order chi connectivity index (χ0) is 18.2. The molecular formula is C19H22N2O3S2. The summed E-state index contributed by atoms with van der Waals surface area (Å²) >= 11 is 3.11. The first kappa shape index (κ1) is 18.8. The van der Waals surface area contributed by atoms with Crippen LogP contribution in [0.5, 0.6) is 0 Å². The number of carbonyl (C=O) groups excluding carboxylic acids is 2. The van der Waals surface area contributed by atoms with E-state index in [-0.39, 0.29) is 18.9 Å². The molecule has 26 heavy (non-hydrogen) atoms. The van der Waals surface area contributed by atoms with E-state index in [0.29, 0.717) is 12.2 Å². The molecule has 0 fully saturated rings. The van der Waals surface area contributed by atoms with Gasteiger partial charge in [0.15, 0.2) is 6.61 Å². The summed E-state index contributed by atoms with van der Waals surface area (Å²) < 4.78 is 5.05. The van der Waals surface area contributed by atoms with Crippen LogP contribution < -0.4 is 5.32 Å². The quantitative estimate of drug-likeness (QED) is 0.547. The molecule has 5 nitrogen and oxygen atoms in total. The van der Waals surface area contributed by atoms with Crippen LogP contribution in [-0.4, -0.2) is 30.0 Å². The van der Waals surface area contributed by atoms with Crippen molar-refractivity contribution >= 4 is 34.6 Å². The Hall–Kier alpha value is -1.99. The van der Waals surface area contributed by atoms with Gasteiger partial charge >= 0.3 is 5.97 Å². The third kappa shape index (κ3) is 5.78. The maximum atomic E-state index is 11.9. The molecule has 2 aromatic rings. The number of carbonyl (C=O) groups is 2. The Morgan fingerprint density at radius 1 is 1.27 bits per heavy atom. The van der Waals surface area contributed by atoms with Gasteiger partial charge in [-0.05, 0) is 43.6 Å². The number of ether oxygens (including phenoxy) is 1. The van der Waals surface area contributed by atoms with E-state index in [0.717, 1.165) is 29.8 Å². The minimum Gasteiger partial charge on any atom is -0.455 e. The van der Waals surface area contributed by atoms with E-state index < -0.39 is 5.97 Å². The van der Waals surface area contributed by atoms with Gasteiger partial charge < -0.3 is 10.1 Å². The third-order valence-electron chi connectivity index (χ3n) is 4.16. The number of aromatic nitrogens is 1. The van der Waals surface area contributed by atoms with Crippen LogP contribution in [0, 0.1) is 0 Å². The second-order valence-electron chi connectivity index (χ2n) is 6.20. The highest BCUT2D eigenvalue weighted by atomic mass is 32.1. The number of amides is 1. The highest BCUT2D eigenvalue weighted by Crippen LogP contribution is 2.25. The average Bonchev–Trinajstić information content (AvgIpc) is 3.32. The molecule has 7 heteroatoms. The maximum absolute atomic E-state index is 11.9. The van der Waals surface area contributed by atoms with E-state index in [4.69, 9.17) is 4.74 Å². The van der Waals surface area contributed by atoms with E-state index in [1.54, 1.807) is 11.3 Å². The Morgan fingerprint density at radius 2 is 2.19 bits per heavy atom. The summed E-state index contributed by atoms with van der Waals surface area (Å²) in [4.78, 5) is 28.1. The van der Waals surface area contributed by atoms with Crippen LogP contribution in [-0.2, 0) is 20.7 Å². The molecule has 0 spiro atoms. The highest BCUT2D eigenvalue weighted by Gasteiger charge is 2.12. The normalized spacial score (nSPS) is 13.9. The fraction of sp³-hybridized carbons (Fsp3) is 0.421. The van der Waals surface area contributed by atoms with E-state index in [9.17, 15) is 9.59 Å². The number of allylic oxidation sites excluding steroid dienone is 1. The molecule has 0 aromatic carbocycles. The summed E-state index contributed by atoms with van der Waals surface area (Å²) in [7, 11) is 0. The molecule has 0 saturated carbocycles. The molecule has 2 heterocycles. The van der Waals surface area contributed by atoms with Gasteiger partial charge in [0.05, 0.1) is 12.1 Å². The molecule has 1 aliphatic carbocycles. The number of hydrogen-bond acceptors (Lipinski definition) is 6. The predicted molar refractivity (Wildman–Crippen MR) is 104 cm³/mol. The van der Waals surface area contributed by atoms with E-state index in [1.165, 1.54) is 29.8 Å². The van der Waals surface area contributed by atoms with Gasteiger partial charge in [0.2, 0.25) is 0 Å². The fourth-order valence-electron chi connectivity index (χ4n) is 2.80. The first-order chi connectivity index (χ1) is 12.7. The summed E-state index contributed by atoms with van der Waals surface area (Å²) in [6.07, 6.45) is 8.01. The van der Waals surface area contributed by atoms with Crippen molar-refractivity contribution in [2.45, 2.75) is 38.5 Å². The van der Waals surface area contributed by atoms with Crippen LogP contribution in [0.15, 0.2) is 33.9 Å². The van der Waals surface area contributed by atoms with Crippen LogP contribution in [0.4, 0.5) is 0 Å². The lowest BCUT2D eigenvalue weighted by Crippen LogP contribution is -2.30. The molecule has 0 atom stereocenters. The maximum Gasteiger partial charge on any atom is 0.312 e. The molecule has 2 aromatic heterocycles. The lowest BCUT2D eigenvalue weighted by atomic mass is 9.97. The molecule has 0 radical (unpaired) electrons. The van der Waals surface area contributed by atoms with Crippen molar-refractivity contribution in [1.29, 1.82) is 0 Å². The lowest BCUT2D eigenvalue weighted by molar-refractivity contribution is -0.147. The Morgan fingerprint density at radius 3 is 2.96 bits per heavy atom. The third-order valence-corrected chi connectivity index (χ3v) is 5.79. The summed E-state index contributed by atoms with van der Waals surface area (Å²) in [5, 5.41) is 9.56. The highest BCUT2D eigenvalue weighted by molar-refractivity contribution is 7.14. The van der Waals surface area contributed by atoms with Gasteiger partial charge in [-0.2, -0.15) is 11.3 Å². The van der Waals surface area contributed by atoms with Crippen molar-refractivity contribution < 1.29 is 14.3 Å². The van der Waals surface area contributed by atoms with Gasteiger partial charge in [-0.15, -0.1) is 11.3 Å². The van der Waals surface area contributed by atoms with Gasteiger partial charge in [0.1, 0.15) is 5.01 Å². The second-order valence-corrected chi connectivity index (χ2v) is 7.84. The number of thiophene rings is 1. The molecule has 3 rings (SSSR count). The summed E-state index contributed by atoms with van der Waals surface area (Å²) in [6.45, 7) is 0.359. The van der Waals surface area contributed by atoms with E-state index in [1.807, 2.05) is 22.2 Å². The zero-order valence-corrected chi connectivity index (χ0v) is 16.2. The van der Waals surface area contributed by atoms with Gasteiger partial charge in [0, 0.05) is 22.9 Å². The monoisotopic (exact) mass is 390 g/mol. The second kappa shape index (κ2) is 9.64. The molecule has 138 valence electrons. The van der Waals surface area contributed by atoms with Crippen molar-refractivity contribution in [2.24, 2.45) is 0 Å². The largest absolute Gasteiger partial charge is 0.455 e. The van der Waals surface area contributed by atoms with Crippen LogP contribution >= 0.6 is 22.7 Å². The van der Waals surface area contributed by atoms with Gasteiger partial charge in [0.25, 0.3) is 5.91 Å².